The van der Waals surface area contributed by atoms with Crippen LogP contribution in [0.25, 0.3) is 0 Å². The van der Waals surface area contributed by atoms with Crippen LogP contribution in [0.2, 0.25) is 0 Å². The Balaban J connectivity index is 3.16. The molecule has 4 heteroatoms. The third-order valence-electron chi connectivity index (χ3n) is 0.996. The van der Waals surface area contributed by atoms with Crippen LogP contribution >= 0.6 is 0 Å². The summed E-state index contributed by atoms with van der Waals surface area (Å²) in [7, 11) is 0. The normalized spacial score (nSPS) is 15.4. The summed E-state index contributed by atoms with van der Waals surface area (Å²) >= 11 is 0. The molecular weight excluding hydrogens is 128 g/mol. The maximum atomic E-state index is 8.39. The molecule has 0 saturated heterocycles. The summed E-state index contributed by atoms with van der Waals surface area (Å²) in [6.45, 7) is 1.67. The van der Waals surface area contributed by atoms with E-state index in [2.05, 4.69) is 9.98 Å². The lowest BCUT2D eigenvalue weighted by molar-refractivity contribution is 1.48. The molecule has 1 heterocycles. The Morgan fingerprint density at radius 2 is 2.20 bits per heavy atom. The summed E-state index contributed by atoms with van der Waals surface area (Å²) in [5.74, 6) is 2.53. The third kappa shape index (κ3) is 0.859. The van der Waals surface area contributed by atoms with Gasteiger partial charge in [0, 0.05) is 5.87 Å². The molecule has 4 nitrogen and oxygen atoms in total. The topological polar surface area (TPSA) is 72.4 Å². The van der Waals surface area contributed by atoms with Crippen LogP contribution in [0.1, 0.15) is 6.92 Å². The zero-order chi connectivity index (χ0) is 7.56. The lowest BCUT2D eigenvalue weighted by atomic mass is 10.3. The highest BCUT2D eigenvalue weighted by Crippen LogP contribution is 2.05. The number of nitrogens with zero attached hydrogens (tertiary/aromatic N) is 3. The average Bonchev–Trinajstić information content (AvgIpc) is 2.30. The first-order valence-electron chi connectivity index (χ1n) is 2.62. The van der Waals surface area contributed by atoms with Gasteiger partial charge in [0.05, 0.1) is 0 Å². The van der Waals surface area contributed by atoms with E-state index in [1.807, 2.05) is 11.9 Å². The van der Waals surface area contributed by atoms with E-state index >= 15 is 0 Å². The fraction of sp³-hybridized carbons (Fsp3) is 0.167. The number of amidine groups is 1. The highest BCUT2D eigenvalue weighted by Gasteiger charge is 2.11. The molecule has 1 aliphatic heterocycles. The molecule has 0 aromatic rings. The quantitative estimate of drug-likeness (QED) is 0.479. The van der Waals surface area contributed by atoms with Crippen molar-refractivity contribution in [2.45, 2.75) is 6.92 Å². The zero-order valence-corrected chi connectivity index (χ0v) is 5.34. The van der Waals surface area contributed by atoms with Crippen molar-refractivity contribution in [2.24, 2.45) is 9.98 Å². The lowest BCUT2D eigenvalue weighted by Gasteiger charge is -1.78. The van der Waals surface area contributed by atoms with E-state index in [4.69, 9.17) is 10.7 Å². The predicted octanol–water partition coefficient (Wildman–Crippen LogP) is 0.515. The van der Waals surface area contributed by atoms with Crippen LogP contribution in [0, 0.1) is 16.7 Å². The Morgan fingerprint density at radius 3 is 2.60 bits per heavy atom. The minimum Gasteiger partial charge on any atom is -0.257 e. The molecule has 0 atom stereocenters. The van der Waals surface area contributed by atoms with Crippen LogP contribution in [0.3, 0.4) is 0 Å². The minimum absolute atomic E-state index is 0.174. The highest BCUT2D eigenvalue weighted by molar-refractivity contribution is 6.23. The molecular formula is C6H4N4. The number of hydrogen-bond acceptors (Lipinski definition) is 4. The van der Waals surface area contributed by atoms with Crippen LogP contribution in [-0.4, -0.2) is 17.4 Å². The second-order valence-electron chi connectivity index (χ2n) is 1.70. The molecule has 0 aromatic heterocycles. The smallest absolute Gasteiger partial charge is 0.177 e. The van der Waals surface area contributed by atoms with Gasteiger partial charge in [-0.3, -0.25) is 5.41 Å². The maximum absolute atomic E-state index is 8.39. The Bertz CT molecular complexity index is 309. The van der Waals surface area contributed by atoms with Crippen LogP contribution in [-0.2, 0) is 0 Å². The van der Waals surface area contributed by atoms with E-state index in [-0.39, 0.29) is 11.4 Å². The van der Waals surface area contributed by atoms with Crippen molar-refractivity contribution in [1.82, 2.24) is 0 Å². The maximum Gasteiger partial charge on any atom is 0.177 e. The van der Waals surface area contributed by atoms with Crippen molar-refractivity contribution in [2.75, 3.05) is 0 Å². The molecule has 0 amide bonds. The Labute approximate surface area is 57.7 Å². The monoisotopic (exact) mass is 132 g/mol. The molecule has 0 aliphatic carbocycles. The van der Waals surface area contributed by atoms with Gasteiger partial charge in [0.2, 0.25) is 0 Å². The second-order valence-corrected chi connectivity index (χ2v) is 1.70. The summed E-state index contributed by atoms with van der Waals surface area (Å²) in [4.78, 5) is 7.51. The van der Waals surface area contributed by atoms with Gasteiger partial charge in [0.1, 0.15) is 11.9 Å². The first-order chi connectivity index (χ1) is 4.77. The second kappa shape index (κ2) is 2.26. The predicted molar refractivity (Wildman–Crippen MR) is 37.4 cm³/mol. The molecule has 0 bridgehead atoms. The number of nitrogens with one attached hydrogen (secondary N) is 1. The van der Waals surface area contributed by atoms with Gasteiger partial charge in [0.15, 0.2) is 11.4 Å². The Hall–Kier alpha value is -1.72. The van der Waals surface area contributed by atoms with Crippen LogP contribution in [0.15, 0.2) is 15.7 Å². The Kier molecular flexibility index (Phi) is 1.44. The van der Waals surface area contributed by atoms with Crippen LogP contribution in [0.5, 0.6) is 0 Å². The summed E-state index contributed by atoms with van der Waals surface area (Å²) in [5, 5.41) is 15.1. The molecule has 1 N–H and O–H groups in total. The van der Waals surface area contributed by atoms with Gasteiger partial charge >= 0.3 is 0 Å². The van der Waals surface area contributed by atoms with Gasteiger partial charge in [0.25, 0.3) is 0 Å². The first-order valence-corrected chi connectivity index (χ1v) is 2.62. The number of aliphatic imine (C=N–C) groups is 2. The highest BCUT2D eigenvalue weighted by atomic mass is 15.0. The Morgan fingerprint density at radius 1 is 1.50 bits per heavy atom. The van der Waals surface area contributed by atoms with Crippen molar-refractivity contribution < 1.29 is 0 Å². The van der Waals surface area contributed by atoms with Crippen molar-refractivity contribution in [3.8, 4) is 6.07 Å². The molecule has 48 valence electrons. The molecule has 1 aliphatic rings. The standard InChI is InChI=1S/C6H4N4/c1-4-9-5(2-7)6(3-8)10-4/h7H,1H3. The van der Waals surface area contributed by atoms with Crippen molar-refractivity contribution in [1.29, 1.82) is 10.7 Å². The van der Waals surface area contributed by atoms with Crippen molar-refractivity contribution >= 4 is 17.4 Å². The summed E-state index contributed by atoms with van der Waals surface area (Å²) in [5.41, 5.74) is 0.396. The van der Waals surface area contributed by atoms with Gasteiger partial charge in [-0.15, -0.1) is 0 Å². The average molecular weight is 132 g/mol. The lowest BCUT2D eigenvalue weighted by Crippen LogP contribution is -1.91. The molecule has 10 heavy (non-hydrogen) atoms. The van der Waals surface area contributed by atoms with Gasteiger partial charge in [-0.2, -0.15) is 5.26 Å². The van der Waals surface area contributed by atoms with E-state index in [0.717, 1.165) is 0 Å². The van der Waals surface area contributed by atoms with Gasteiger partial charge < -0.3 is 0 Å². The van der Waals surface area contributed by atoms with E-state index < -0.39 is 0 Å². The fourth-order valence-electron chi connectivity index (χ4n) is 0.620. The van der Waals surface area contributed by atoms with Gasteiger partial charge in [-0.05, 0) is 6.92 Å². The van der Waals surface area contributed by atoms with Crippen molar-refractivity contribution in [3.63, 3.8) is 0 Å². The molecule has 0 aromatic carbocycles. The summed E-state index contributed by atoms with van der Waals surface area (Å²) < 4.78 is 0. The summed E-state index contributed by atoms with van der Waals surface area (Å²) in [6.07, 6.45) is 0. The largest absolute Gasteiger partial charge is 0.257 e. The minimum atomic E-state index is 0.174. The van der Waals surface area contributed by atoms with Gasteiger partial charge in [-0.1, -0.05) is 0 Å². The third-order valence-corrected chi connectivity index (χ3v) is 0.996. The number of allylic oxidation sites excluding steroid dienone is 1. The number of rotatable bonds is 0. The zero-order valence-electron chi connectivity index (χ0n) is 5.34. The van der Waals surface area contributed by atoms with Crippen LogP contribution < -0.4 is 0 Å². The molecule has 0 saturated carbocycles. The SMILES string of the molecule is CC1=NC(=C=N)C(C#N)=N1. The van der Waals surface area contributed by atoms with E-state index in [0.29, 0.717) is 5.84 Å². The van der Waals surface area contributed by atoms with Crippen molar-refractivity contribution in [3.05, 3.63) is 5.70 Å². The molecule has 0 fully saturated rings. The number of nitriles is 1. The molecule has 0 radical (unpaired) electrons. The first kappa shape index (κ1) is 6.40. The van der Waals surface area contributed by atoms with Crippen LogP contribution in [0.4, 0.5) is 0 Å². The van der Waals surface area contributed by atoms with Gasteiger partial charge in [-0.25, -0.2) is 9.98 Å². The molecule has 0 spiro atoms. The molecule has 0 unspecified atom stereocenters. The van der Waals surface area contributed by atoms with E-state index in [9.17, 15) is 0 Å². The summed E-state index contributed by atoms with van der Waals surface area (Å²) in [6, 6.07) is 1.81. The van der Waals surface area contributed by atoms with E-state index in [1.54, 1.807) is 6.92 Å². The molecule has 1 rings (SSSR count). The fourth-order valence-corrected chi connectivity index (χ4v) is 0.620. The number of hydrogen-bond donors (Lipinski definition) is 1. The van der Waals surface area contributed by atoms with E-state index in [1.165, 1.54) is 0 Å².